The van der Waals surface area contributed by atoms with Gasteiger partial charge in [-0.05, 0) is 67.5 Å². The van der Waals surface area contributed by atoms with E-state index in [0.717, 1.165) is 52.1 Å². The van der Waals surface area contributed by atoms with Crippen LogP contribution in [0.1, 0.15) is 30.9 Å². The number of fused-ring (bicyclic) bond motifs is 1. The number of nitrogens with one attached hydrogen (secondary N) is 3. The van der Waals surface area contributed by atoms with Gasteiger partial charge in [0, 0.05) is 40.6 Å². The van der Waals surface area contributed by atoms with Gasteiger partial charge in [0.25, 0.3) is 5.91 Å². The maximum atomic E-state index is 13.0. The number of hydrogen-bond donors (Lipinski definition) is 3. The molecular weight excluding hydrogens is 414 g/mol. The second-order valence-corrected chi connectivity index (χ2v) is 8.46. The molecule has 3 N–H and O–H groups in total. The summed E-state index contributed by atoms with van der Waals surface area (Å²) < 4.78 is 2.14. The Morgan fingerprint density at radius 1 is 1.15 bits per heavy atom. The quantitative estimate of drug-likeness (QED) is 0.437. The molecule has 0 saturated heterocycles. The molecule has 3 aromatic heterocycles. The zero-order chi connectivity index (χ0) is 22.2. The first-order chi connectivity index (χ1) is 16.2. The van der Waals surface area contributed by atoms with Crippen LogP contribution in [0.15, 0.2) is 73.5 Å². The Kier molecular flexibility index (Phi) is 4.75. The van der Waals surface area contributed by atoms with Crippen molar-refractivity contribution in [3.63, 3.8) is 0 Å². The van der Waals surface area contributed by atoms with Gasteiger partial charge in [-0.2, -0.15) is 0 Å². The lowest BCUT2D eigenvalue weighted by Crippen LogP contribution is -2.37. The molecule has 1 fully saturated rings. The summed E-state index contributed by atoms with van der Waals surface area (Å²) in [6.07, 6.45) is 14.7. The van der Waals surface area contributed by atoms with Crippen molar-refractivity contribution in [3.8, 4) is 11.4 Å². The van der Waals surface area contributed by atoms with Crippen LogP contribution in [0.25, 0.3) is 28.0 Å². The van der Waals surface area contributed by atoms with Crippen molar-refractivity contribution in [3.05, 3.63) is 79.0 Å². The molecule has 4 heterocycles. The van der Waals surface area contributed by atoms with Crippen LogP contribution < -0.4 is 10.6 Å². The normalized spacial score (nSPS) is 17.9. The van der Waals surface area contributed by atoms with Crippen molar-refractivity contribution in [2.75, 3.05) is 5.32 Å². The van der Waals surface area contributed by atoms with Crippen LogP contribution in [0.4, 0.5) is 5.69 Å². The molecule has 2 aliphatic rings. The first kappa shape index (κ1) is 19.5. The summed E-state index contributed by atoms with van der Waals surface area (Å²) in [4.78, 5) is 20.6. The van der Waals surface area contributed by atoms with E-state index in [9.17, 15) is 4.79 Å². The van der Waals surface area contributed by atoms with Crippen LogP contribution in [0.3, 0.4) is 0 Å². The van der Waals surface area contributed by atoms with Gasteiger partial charge in [0.2, 0.25) is 0 Å². The summed E-state index contributed by atoms with van der Waals surface area (Å²) in [7, 11) is 0. The number of hydrogen-bond acceptors (Lipinski definition) is 5. The third-order valence-corrected chi connectivity index (χ3v) is 6.33. The Morgan fingerprint density at radius 2 is 2.09 bits per heavy atom. The summed E-state index contributed by atoms with van der Waals surface area (Å²) in [6, 6.07) is 11.8. The molecule has 1 aromatic carbocycles. The predicted molar refractivity (Wildman–Crippen MR) is 127 cm³/mol. The SMILES string of the molecule is O=C(Nc1cccc(-c2nncn2C2CCC2)c1)C1C=C(c2cnc3[nH]ccc3c2)C=CN1. The molecule has 6 rings (SSSR count). The van der Waals surface area contributed by atoms with Gasteiger partial charge in [-0.3, -0.25) is 4.79 Å². The first-order valence-corrected chi connectivity index (χ1v) is 11.1. The molecule has 164 valence electrons. The monoisotopic (exact) mass is 437 g/mol. The van der Waals surface area contributed by atoms with Crippen LogP contribution in [0, 0.1) is 0 Å². The lowest BCUT2D eigenvalue weighted by molar-refractivity contribution is -0.116. The Hall–Kier alpha value is -4.20. The maximum absolute atomic E-state index is 13.0. The fourth-order valence-corrected chi connectivity index (χ4v) is 4.30. The average molecular weight is 438 g/mol. The fourth-order valence-electron chi connectivity index (χ4n) is 4.30. The highest BCUT2D eigenvalue weighted by Gasteiger charge is 2.23. The molecule has 8 heteroatoms. The molecule has 0 radical (unpaired) electrons. The Bertz CT molecular complexity index is 1390. The second-order valence-electron chi connectivity index (χ2n) is 8.46. The van der Waals surface area contributed by atoms with E-state index in [1.54, 1.807) is 12.5 Å². The molecule has 1 atom stereocenters. The number of aromatic nitrogens is 5. The number of carbonyl (C=O) groups is 1. The van der Waals surface area contributed by atoms with E-state index >= 15 is 0 Å². The van der Waals surface area contributed by atoms with Gasteiger partial charge in [-0.15, -0.1) is 10.2 Å². The maximum Gasteiger partial charge on any atom is 0.250 e. The summed E-state index contributed by atoms with van der Waals surface area (Å²) in [5.41, 5.74) is 4.43. The van der Waals surface area contributed by atoms with Crippen LogP contribution >= 0.6 is 0 Å². The van der Waals surface area contributed by atoms with Crippen LogP contribution in [0.5, 0.6) is 0 Å². The number of nitrogens with zero attached hydrogens (tertiary/aromatic N) is 4. The number of H-pyrrole nitrogens is 1. The van der Waals surface area contributed by atoms with Crippen molar-refractivity contribution in [1.29, 1.82) is 0 Å². The molecule has 1 unspecified atom stereocenters. The molecule has 0 spiro atoms. The number of rotatable bonds is 5. The van der Waals surface area contributed by atoms with E-state index in [2.05, 4.69) is 41.4 Å². The molecule has 4 aromatic rings. The number of aromatic amines is 1. The number of amides is 1. The Morgan fingerprint density at radius 3 is 2.97 bits per heavy atom. The zero-order valence-electron chi connectivity index (χ0n) is 17.9. The third kappa shape index (κ3) is 3.69. The highest BCUT2D eigenvalue weighted by molar-refractivity contribution is 5.99. The highest BCUT2D eigenvalue weighted by Crippen LogP contribution is 2.34. The molecule has 1 amide bonds. The first-order valence-electron chi connectivity index (χ1n) is 11.1. The molecule has 1 aliphatic carbocycles. The van der Waals surface area contributed by atoms with Gasteiger partial charge in [-0.25, -0.2) is 4.98 Å². The van der Waals surface area contributed by atoms with E-state index in [-0.39, 0.29) is 5.91 Å². The number of pyridine rings is 1. The zero-order valence-corrected chi connectivity index (χ0v) is 17.9. The topological polar surface area (TPSA) is 101 Å². The number of benzene rings is 1. The lowest BCUT2D eigenvalue weighted by Gasteiger charge is -2.27. The molecule has 1 aliphatic heterocycles. The smallest absolute Gasteiger partial charge is 0.250 e. The van der Waals surface area contributed by atoms with Crippen LogP contribution in [-0.2, 0) is 4.79 Å². The summed E-state index contributed by atoms with van der Waals surface area (Å²) >= 11 is 0. The molecule has 33 heavy (non-hydrogen) atoms. The Labute approximate surface area is 190 Å². The van der Waals surface area contributed by atoms with E-state index in [0.29, 0.717) is 6.04 Å². The minimum absolute atomic E-state index is 0.134. The van der Waals surface area contributed by atoms with Crippen LogP contribution in [0.2, 0.25) is 0 Å². The predicted octanol–water partition coefficient (Wildman–Crippen LogP) is 4.05. The van der Waals surface area contributed by atoms with Gasteiger partial charge in [0.15, 0.2) is 5.82 Å². The third-order valence-electron chi connectivity index (χ3n) is 6.33. The van der Waals surface area contributed by atoms with Gasteiger partial charge < -0.3 is 20.2 Å². The number of allylic oxidation sites excluding steroid dienone is 2. The van der Waals surface area contributed by atoms with E-state index in [1.165, 1.54) is 6.42 Å². The molecule has 1 saturated carbocycles. The van der Waals surface area contributed by atoms with Crippen molar-refractivity contribution >= 4 is 28.2 Å². The highest BCUT2D eigenvalue weighted by atomic mass is 16.2. The van der Waals surface area contributed by atoms with Crippen molar-refractivity contribution in [2.24, 2.45) is 0 Å². The molecule has 8 nitrogen and oxygen atoms in total. The van der Waals surface area contributed by atoms with E-state index in [1.807, 2.05) is 54.9 Å². The number of dihydropyridines is 1. The summed E-state index contributed by atoms with van der Waals surface area (Å²) in [6.45, 7) is 0. The van der Waals surface area contributed by atoms with Crippen LogP contribution in [-0.4, -0.2) is 36.7 Å². The van der Waals surface area contributed by atoms with E-state index in [4.69, 9.17) is 0 Å². The largest absolute Gasteiger partial charge is 0.376 e. The van der Waals surface area contributed by atoms with Crippen molar-refractivity contribution in [2.45, 2.75) is 31.3 Å². The molecule has 0 bridgehead atoms. The van der Waals surface area contributed by atoms with Gasteiger partial charge in [0.1, 0.15) is 18.0 Å². The average Bonchev–Trinajstić information content (AvgIpc) is 3.47. The molecular formula is C25H23N7O. The van der Waals surface area contributed by atoms with Gasteiger partial charge in [-0.1, -0.05) is 12.1 Å². The Balaban J connectivity index is 1.21. The summed E-state index contributed by atoms with van der Waals surface area (Å²) in [5, 5.41) is 15.6. The number of carbonyl (C=O) groups excluding carboxylic acids is 1. The summed E-state index contributed by atoms with van der Waals surface area (Å²) in [5.74, 6) is 0.703. The van der Waals surface area contributed by atoms with Gasteiger partial charge in [0.05, 0.1) is 0 Å². The number of anilines is 1. The fraction of sp³-hybridized carbons (Fsp3) is 0.200. The van der Waals surface area contributed by atoms with Gasteiger partial charge >= 0.3 is 0 Å². The second kappa shape index (κ2) is 8.05. The minimum Gasteiger partial charge on any atom is -0.376 e. The lowest BCUT2D eigenvalue weighted by atomic mass is 9.92. The van der Waals surface area contributed by atoms with E-state index < -0.39 is 6.04 Å². The van der Waals surface area contributed by atoms with Crippen molar-refractivity contribution in [1.82, 2.24) is 30.0 Å². The minimum atomic E-state index is -0.491. The van der Waals surface area contributed by atoms with Crippen molar-refractivity contribution < 1.29 is 4.79 Å². The standard InChI is InChI=1S/C25H23N7O/c33-25(22-13-16(7-9-26-22)19-11-17-8-10-27-23(17)28-14-19)30-20-4-1-3-18(12-20)24-31-29-15-32(24)21-5-2-6-21/h1,3-4,7-15,21-22,26H,2,5-6H2,(H,27,28)(H,30,33).